The molecule has 0 amide bonds. The van der Waals surface area contributed by atoms with Crippen LogP contribution in [0.4, 0.5) is 34.1 Å². The molecule has 72 heavy (non-hydrogen) atoms. The molecule has 0 radical (unpaired) electrons. The van der Waals surface area contributed by atoms with Crippen LogP contribution in [0.5, 0.6) is 0 Å². The van der Waals surface area contributed by atoms with Crippen LogP contribution in [0, 0.1) is 17.8 Å². The van der Waals surface area contributed by atoms with Crippen LogP contribution in [0.25, 0.3) is 16.7 Å². The van der Waals surface area contributed by atoms with Crippen LogP contribution in [0.15, 0.2) is 291 Å². The van der Waals surface area contributed by atoms with E-state index in [0.29, 0.717) is 0 Å². The molecule has 0 N–H and O–H groups in total. The summed E-state index contributed by atoms with van der Waals surface area (Å²) in [5, 5.41) is 0. The summed E-state index contributed by atoms with van der Waals surface area (Å²) in [6, 6.07) is 70.8. The molecule has 7 aromatic rings. The minimum absolute atomic E-state index is 0.00670. The third kappa shape index (κ3) is 7.78. The number of benzene rings is 7. The summed E-state index contributed by atoms with van der Waals surface area (Å²) in [6.07, 6.45) is 25.5. The van der Waals surface area contributed by atoms with Crippen LogP contribution >= 0.6 is 0 Å². The maximum Gasteiger partial charge on any atom is 0.203 e. The fraction of sp³-hybridized carbons (Fsp3) is 0.0909. The van der Waals surface area contributed by atoms with Crippen molar-refractivity contribution in [3.8, 4) is 0 Å². The number of ether oxygens (including phenoxy) is 3. The quantitative estimate of drug-likeness (QED) is 0.122. The van der Waals surface area contributed by atoms with Gasteiger partial charge in [-0.25, -0.2) is 0 Å². The van der Waals surface area contributed by atoms with E-state index in [1.165, 1.54) is 0 Å². The normalized spacial score (nSPS) is 22.0. The van der Waals surface area contributed by atoms with Crippen molar-refractivity contribution in [1.29, 1.82) is 0 Å². The zero-order valence-electron chi connectivity index (χ0n) is 39.5. The van der Waals surface area contributed by atoms with E-state index in [4.69, 9.17) is 14.2 Å². The molecule has 6 heteroatoms. The van der Waals surface area contributed by atoms with E-state index < -0.39 is 0 Å². The summed E-state index contributed by atoms with van der Waals surface area (Å²) in [5.41, 5.74) is 12.2. The van der Waals surface area contributed by atoms with Gasteiger partial charge in [-0.05, 0) is 89.5 Å². The van der Waals surface area contributed by atoms with Crippen molar-refractivity contribution < 1.29 is 14.2 Å². The highest BCUT2D eigenvalue weighted by atomic mass is 16.5. The molecule has 348 valence electrons. The van der Waals surface area contributed by atoms with Gasteiger partial charge in [0.15, 0.2) is 0 Å². The minimum atomic E-state index is -0.194. The number of para-hydroxylation sites is 3. The molecule has 0 aromatic heterocycles. The highest BCUT2D eigenvalue weighted by molar-refractivity contribution is 5.90. The molecule has 3 heterocycles. The third-order valence-electron chi connectivity index (χ3n) is 14.3. The predicted octanol–water partition coefficient (Wildman–Crippen LogP) is 15.6. The Morgan fingerprint density at radius 2 is 0.486 bits per heavy atom. The number of allylic oxidation sites excluding steroid dienone is 6. The van der Waals surface area contributed by atoms with Crippen LogP contribution in [0.3, 0.4) is 0 Å². The molecule has 6 aliphatic rings. The highest BCUT2D eigenvalue weighted by Gasteiger charge is 2.43. The van der Waals surface area contributed by atoms with Crippen molar-refractivity contribution in [1.82, 2.24) is 0 Å². The number of hydrogen-bond acceptors (Lipinski definition) is 6. The molecule has 6 nitrogen and oxygen atoms in total. The Morgan fingerprint density at radius 3 is 0.750 bits per heavy atom. The number of rotatable bonds is 12. The molecular weight excluding hydrogens is 883 g/mol. The maximum atomic E-state index is 7.29. The Morgan fingerprint density at radius 1 is 0.250 bits per heavy atom. The summed E-state index contributed by atoms with van der Waals surface area (Å²) in [5.74, 6) is 2.28. The van der Waals surface area contributed by atoms with Crippen LogP contribution < -0.4 is 14.7 Å². The van der Waals surface area contributed by atoms with Crippen molar-refractivity contribution in [2.75, 3.05) is 14.7 Å². The lowest BCUT2D eigenvalue weighted by Crippen LogP contribution is -2.24. The van der Waals surface area contributed by atoms with Crippen molar-refractivity contribution in [3.05, 3.63) is 307 Å². The lowest BCUT2D eigenvalue weighted by molar-refractivity contribution is 0.162. The van der Waals surface area contributed by atoms with Crippen molar-refractivity contribution >= 4 is 50.8 Å². The second-order valence-corrected chi connectivity index (χ2v) is 18.6. The lowest BCUT2D eigenvalue weighted by atomic mass is 9.87. The van der Waals surface area contributed by atoms with Gasteiger partial charge in [-0.1, -0.05) is 200 Å². The molecule has 0 saturated heterocycles. The monoisotopic (exact) mass is 933 g/mol. The number of anilines is 6. The van der Waals surface area contributed by atoms with Crippen molar-refractivity contribution in [2.45, 2.75) is 18.3 Å². The summed E-state index contributed by atoms with van der Waals surface area (Å²) in [4.78, 5) is 6.92. The average Bonchev–Trinajstić information content (AvgIpc) is 4.15. The molecule has 0 saturated carbocycles. The maximum absolute atomic E-state index is 7.29. The van der Waals surface area contributed by atoms with E-state index in [1.54, 1.807) is 0 Å². The molecule has 0 bridgehead atoms. The van der Waals surface area contributed by atoms with Gasteiger partial charge in [-0.3, -0.25) is 14.7 Å². The van der Waals surface area contributed by atoms with Gasteiger partial charge in [-0.15, -0.1) is 0 Å². The Balaban J connectivity index is 1.13. The van der Waals surface area contributed by atoms with E-state index in [9.17, 15) is 0 Å². The van der Waals surface area contributed by atoms with Gasteiger partial charge in [0.2, 0.25) is 17.6 Å². The number of fused-ring (bicyclic) bond motifs is 3. The zero-order valence-corrected chi connectivity index (χ0v) is 39.5. The largest absolute Gasteiger partial charge is 0.470 e. The van der Waals surface area contributed by atoms with Crippen molar-refractivity contribution in [3.63, 3.8) is 0 Å². The van der Waals surface area contributed by atoms with Crippen molar-refractivity contribution in [2.24, 2.45) is 17.8 Å². The first kappa shape index (κ1) is 43.1. The summed E-state index contributed by atoms with van der Waals surface area (Å²) in [7, 11) is 0. The molecule has 6 atom stereocenters. The Hall–Kier alpha value is -9.00. The smallest absolute Gasteiger partial charge is 0.203 e. The number of nitrogens with zero attached hydrogens (tertiary/aromatic N) is 3. The SMILES string of the molecule is C1=CC2OC(N(c3ccccc3)c3cc(N(C4=C(c5ccccc5)C5C=CC=CC5O4)c4ccccc4)cc(N(C4=C(c5ccccc5)C5C=CC=CC5O4)c4ccccc4)c3)=C(c3ccccc3)C2C=C1. The van der Waals surface area contributed by atoms with E-state index in [-0.39, 0.29) is 36.1 Å². The molecule has 13 rings (SSSR count). The molecular formula is C66H51N3O3. The van der Waals surface area contributed by atoms with Gasteiger partial charge in [0.25, 0.3) is 0 Å². The van der Waals surface area contributed by atoms with Gasteiger partial charge in [0.1, 0.15) is 18.3 Å². The van der Waals surface area contributed by atoms with Crippen LogP contribution in [-0.2, 0) is 14.2 Å². The first-order chi connectivity index (χ1) is 35.7. The van der Waals surface area contributed by atoms with E-state index in [0.717, 1.165) is 85.2 Å². The van der Waals surface area contributed by atoms with Gasteiger partial charge < -0.3 is 14.2 Å². The summed E-state index contributed by atoms with van der Waals surface area (Å²) < 4.78 is 21.9. The molecule has 3 aliphatic carbocycles. The predicted molar refractivity (Wildman–Crippen MR) is 292 cm³/mol. The molecule has 3 aliphatic heterocycles. The molecule has 0 fully saturated rings. The summed E-state index contributed by atoms with van der Waals surface area (Å²) >= 11 is 0. The average molecular weight is 934 g/mol. The third-order valence-corrected chi connectivity index (χ3v) is 14.3. The van der Waals surface area contributed by atoms with E-state index in [1.807, 2.05) is 0 Å². The number of hydrogen-bond donors (Lipinski definition) is 0. The molecule has 6 unspecified atom stereocenters. The fourth-order valence-corrected chi connectivity index (χ4v) is 11.1. The van der Waals surface area contributed by atoms with Crippen LogP contribution in [-0.4, -0.2) is 18.3 Å². The van der Waals surface area contributed by atoms with Gasteiger partial charge in [-0.2, -0.15) is 0 Å². The minimum Gasteiger partial charge on any atom is -0.470 e. The molecule has 7 aromatic carbocycles. The fourth-order valence-electron chi connectivity index (χ4n) is 11.1. The standard InChI is InChI=1S/C66H51N3O3/c1-7-25-46(26-8-1)61-55-37-19-22-40-58(55)70-64(61)67(49-31-13-4-14-32-49)52-43-53(68(50-33-15-5-16-34-50)65-62(47-27-9-2-10-28-47)56-38-20-23-41-59(56)71-65)45-54(44-52)69(51-35-17-6-18-36-51)66-63(48-29-11-3-12-30-48)57-39-21-24-42-60(57)72-66/h1-45,55-60H. The zero-order chi connectivity index (χ0) is 47.8. The second kappa shape index (κ2) is 18.7. The van der Waals surface area contributed by atoms with E-state index >= 15 is 0 Å². The topological polar surface area (TPSA) is 37.4 Å². The Kier molecular flexibility index (Phi) is 11.2. The van der Waals surface area contributed by atoms with Crippen LogP contribution in [0.2, 0.25) is 0 Å². The second-order valence-electron chi connectivity index (χ2n) is 18.6. The van der Waals surface area contributed by atoms with Gasteiger partial charge in [0.05, 0.1) is 17.1 Å². The lowest BCUT2D eigenvalue weighted by Gasteiger charge is -2.34. The summed E-state index contributed by atoms with van der Waals surface area (Å²) in [6.45, 7) is 0. The first-order valence-electron chi connectivity index (χ1n) is 24.9. The van der Waals surface area contributed by atoms with E-state index in [2.05, 4.69) is 288 Å². The highest BCUT2D eigenvalue weighted by Crippen LogP contribution is 2.53. The Bertz CT molecular complexity index is 3040. The Labute approximate surface area is 421 Å². The van der Waals surface area contributed by atoms with Gasteiger partial charge >= 0.3 is 0 Å². The van der Waals surface area contributed by atoms with Gasteiger partial charge in [0, 0.05) is 51.5 Å². The molecule has 0 spiro atoms. The first-order valence-corrected chi connectivity index (χ1v) is 24.9. The van der Waals surface area contributed by atoms with Crippen LogP contribution in [0.1, 0.15) is 16.7 Å².